The van der Waals surface area contributed by atoms with Crippen LogP contribution in [-0.4, -0.2) is 62.3 Å². The van der Waals surface area contributed by atoms with Crippen molar-refractivity contribution in [1.82, 2.24) is 10.2 Å². The molecule has 1 aromatic rings. The molecule has 8 heteroatoms. The maximum atomic E-state index is 13.8. The van der Waals surface area contributed by atoms with Gasteiger partial charge < -0.3 is 19.9 Å². The van der Waals surface area contributed by atoms with Crippen molar-refractivity contribution in [2.24, 2.45) is 11.3 Å². The number of benzene rings is 1. The Labute approximate surface area is 194 Å². The van der Waals surface area contributed by atoms with E-state index in [0.717, 1.165) is 51.4 Å². The summed E-state index contributed by atoms with van der Waals surface area (Å²) in [6, 6.07) is 6.51. The van der Waals surface area contributed by atoms with E-state index in [4.69, 9.17) is 4.74 Å². The van der Waals surface area contributed by atoms with Crippen LogP contribution in [0.3, 0.4) is 0 Å². The van der Waals surface area contributed by atoms with Crippen molar-refractivity contribution < 1.29 is 22.7 Å². The molecule has 1 aliphatic carbocycles. The lowest BCUT2D eigenvalue weighted by Gasteiger charge is -2.42. The number of rotatable bonds is 5. The number of halogens is 3. The second-order valence-corrected chi connectivity index (χ2v) is 10.1. The first-order valence-electron chi connectivity index (χ1n) is 12.2. The Morgan fingerprint density at radius 1 is 1.06 bits per heavy atom. The maximum absolute atomic E-state index is 13.8. The molecule has 1 aromatic carbocycles. The van der Waals surface area contributed by atoms with Crippen LogP contribution < -0.4 is 10.2 Å². The minimum absolute atomic E-state index is 0.178. The van der Waals surface area contributed by atoms with Gasteiger partial charge in [0.2, 0.25) is 5.91 Å². The van der Waals surface area contributed by atoms with Gasteiger partial charge in [-0.3, -0.25) is 4.79 Å². The second kappa shape index (κ2) is 9.82. The summed E-state index contributed by atoms with van der Waals surface area (Å²) in [6.07, 6.45) is 0.322. The molecular weight excluding hydrogens is 431 g/mol. The van der Waals surface area contributed by atoms with Gasteiger partial charge in [-0.25, -0.2) is 0 Å². The molecule has 3 fully saturated rings. The predicted molar refractivity (Wildman–Crippen MR) is 122 cm³/mol. The van der Waals surface area contributed by atoms with E-state index in [9.17, 15) is 18.0 Å². The van der Waals surface area contributed by atoms with Gasteiger partial charge in [-0.2, -0.15) is 13.2 Å². The second-order valence-electron chi connectivity index (χ2n) is 10.1. The van der Waals surface area contributed by atoms with Crippen LogP contribution in [0.5, 0.6) is 0 Å². The fraction of sp³-hybridized carbons (Fsp3) is 0.720. The molecule has 0 bridgehead atoms. The van der Waals surface area contributed by atoms with E-state index in [2.05, 4.69) is 19.2 Å². The summed E-state index contributed by atoms with van der Waals surface area (Å²) in [7, 11) is 0. The van der Waals surface area contributed by atoms with E-state index < -0.39 is 17.2 Å². The molecular formula is C25H36F3N3O2. The minimum Gasteiger partial charge on any atom is -0.381 e. The number of anilines is 1. The highest BCUT2D eigenvalue weighted by Crippen LogP contribution is 2.46. The van der Waals surface area contributed by atoms with Crippen LogP contribution in [0.1, 0.15) is 51.5 Å². The fourth-order valence-electron chi connectivity index (χ4n) is 5.84. The number of para-hydroxylation sites is 1. The summed E-state index contributed by atoms with van der Waals surface area (Å²) in [5.74, 6) is 0.396. The van der Waals surface area contributed by atoms with Crippen molar-refractivity contribution in [2.75, 3.05) is 44.3 Å². The summed E-state index contributed by atoms with van der Waals surface area (Å²) in [6.45, 7) is 7.58. The number of nitrogens with one attached hydrogen (secondary N) is 1. The number of hydrogen-bond acceptors (Lipinski definition) is 4. The SMILES string of the molecule is CC(C)[C@]1(C(=O)N2CCN(c3ccccc3C(F)(F)F)CC2)CC[C@@H](NC2CCOCC2)C1. The highest BCUT2D eigenvalue weighted by Gasteiger charge is 2.50. The number of hydrogen-bond donors (Lipinski definition) is 1. The van der Waals surface area contributed by atoms with Crippen molar-refractivity contribution in [3.8, 4) is 0 Å². The van der Waals surface area contributed by atoms with Crippen LogP contribution >= 0.6 is 0 Å². The number of piperazine rings is 1. The Hall–Kier alpha value is -1.80. The normalized spacial score (nSPS) is 27.4. The first-order chi connectivity index (χ1) is 15.7. The molecule has 33 heavy (non-hydrogen) atoms. The molecule has 0 spiro atoms. The van der Waals surface area contributed by atoms with Crippen molar-refractivity contribution in [3.63, 3.8) is 0 Å². The summed E-state index contributed by atoms with van der Waals surface area (Å²) in [4.78, 5) is 17.4. The molecule has 0 aromatic heterocycles. The van der Waals surface area contributed by atoms with Gasteiger partial charge in [0.15, 0.2) is 0 Å². The van der Waals surface area contributed by atoms with Gasteiger partial charge in [0.1, 0.15) is 0 Å². The van der Waals surface area contributed by atoms with Crippen LogP contribution in [0.25, 0.3) is 0 Å². The smallest absolute Gasteiger partial charge is 0.381 e. The summed E-state index contributed by atoms with van der Waals surface area (Å²) in [5, 5.41) is 3.77. The van der Waals surface area contributed by atoms with Crippen molar-refractivity contribution in [1.29, 1.82) is 0 Å². The Morgan fingerprint density at radius 2 is 1.73 bits per heavy atom. The topological polar surface area (TPSA) is 44.8 Å². The Balaban J connectivity index is 1.40. The molecule has 2 heterocycles. The van der Waals surface area contributed by atoms with Crippen molar-refractivity contribution >= 4 is 11.6 Å². The first-order valence-corrected chi connectivity index (χ1v) is 12.2. The zero-order valence-corrected chi connectivity index (χ0v) is 19.7. The molecule has 3 aliphatic rings. The number of nitrogens with zero attached hydrogens (tertiary/aromatic N) is 2. The molecule has 1 amide bonds. The van der Waals surface area contributed by atoms with Crippen LogP contribution in [0.15, 0.2) is 24.3 Å². The molecule has 0 unspecified atom stereocenters. The van der Waals surface area contributed by atoms with E-state index in [1.165, 1.54) is 12.1 Å². The third kappa shape index (κ3) is 5.16. The van der Waals surface area contributed by atoms with Crippen molar-refractivity contribution in [2.45, 2.75) is 64.2 Å². The van der Waals surface area contributed by atoms with Gasteiger partial charge in [-0.1, -0.05) is 26.0 Å². The lowest BCUT2D eigenvalue weighted by atomic mass is 9.74. The Kier molecular flexibility index (Phi) is 7.24. The molecule has 2 atom stereocenters. The molecule has 1 saturated carbocycles. The summed E-state index contributed by atoms with van der Waals surface area (Å²) >= 11 is 0. The van der Waals surface area contributed by atoms with Gasteiger partial charge in [0.25, 0.3) is 0 Å². The molecule has 5 nitrogen and oxygen atoms in total. The first kappa shape index (κ1) is 24.3. The third-order valence-corrected chi connectivity index (χ3v) is 7.89. The van der Waals surface area contributed by atoms with Crippen LogP contribution in [0.2, 0.25) is 0 Å². The zero-order chi connectivity index (χ0) is 23.6. The van der Waals surface area contributed by atoms with E-state index in [-0.39, 0.29) is 17.5 Å². The molecule has 0 radical (unpaired) electrons. The van der Waals surface area contributed by atoms with E-state index in [1.807, 2.05) is 4.90 Å². The number of carbonyl (C=O) groups excluding carboxylic acids is 1. The number of carbonyl (C=O) groups is 1. The standard InChI is InChI=1S/C25H36F3N3O2/c1-18(2)24(10-7-20(17-24)29-19-8-15-33-16-9-19)23(32)31-13-11-30(12-14-31)22-6-4-3-5-21(22)25(26,27)28/h3-6,18-20,29H,7-17H2,1-2H3/t20-,24+/m1/s1. The zero-order valence-electron chi connectivity index (χ0n) is 19.7. The molecule has 2 aliphatic heterocycles. The highest BCUT2D eigenvalue weighted by molar-refractivity contribution is 5.84. The average Bonchev–Trinajstić information content (AvgIpc) is 3.24. The third-order valence-electron chi connectivity index (χ3n) is 7.89. The van der Waals surface area contributed by atoms with Gasteiger partial charge >= 0.3 is 6.18 Å². The Bertz CT molecular complexity index is 817. The number of ether oxygens (including phenoxy) is 1. The van der Waals surface area contributed by atoms with Gasteiger partial charge in [-0.15, -0.1) is 0 Å². The molecule has 1 N–H and O–H groups in total. The van der Waals surface area contributed by atoms with E-state index in [0.29, 0.717) is 38.3 Å². The summed E-state index contributed by atoms with van der Waals surface area (Å²) < 4.78 is 45.8. The Morgan fingerprint density at radius 3 is 2.36 bits per heavy atom. The summed E-state index contributed by atoms with van der Waals surface area (Å²) in [5.41, 5.74) is -0.798. The number of amides is 1. The molecule has 4 rings (SSSR count). The average molecular weight is 468 g/mol. The van der Waals surface area contributed by atoms with Crippen molar-refractivity contribution in [3.05, 3.63) is 29.8 Å². The highest BCUT2D eigenvalue weighted by atomic mass is 19.4. The largest absolute Gasteiger partial charge is 0.418 e. The molecule has 184 valence electrons. The number of alkyl halides is 3. The lowest BCUT2D eigenvalue weighted by molar-refractivity contribution is -0.145. The van der Waals surface area contributed by atoms with Crippen LogP contribution in [0, 0.1) is 11.3 Å². The monoisotopic (exact) mass is 467 g/mol. The van der Waals surface area contributed by atoms with Crippen LogP contribution in [-0.2, 0) is 15.7 Å². The quantitative estimate of drug-likeness (QED) is 0.701. The fourth-order valence-corrected chi connectivity index (χ4v) is 5.84. The van der Waals surface area contributed by atoms with E-state index in [1.54, 1.807) is 11.0 Å². The maximum Gasteiger partial charge on any atom is 0.418 e. The minimum atomic E-state index is -4.39. The van der Waals surface area contributed by atoms with Crippen LogP contribution in [0.4, 0.5) is 18.9 Å². The molecule has 2 saturated heterocycles. The van der Waals surface area contributed by atoms with E-state index >= 15 is 0 Å². The van der Waals surface area contributed by atoms with Gasteiger partial charge in [-0.05, 0) is 50.2 Å². The van der Waals surface area contributed by atoms with Gasteiger partial charge in [0, 0.05) is 57.2 Å². The lowest BCUT2D eigenvalue weighted by Crippen LogP contribution is -2.54. The predicted octanol–water partition coefficient (Wildman–Crippen LogP) is 4.32. The van der Waals surface area contributed by atoms with Gasteiger partial charge in [0.05, 0.1) is 11.0 Å².